The minimum absolute atomic E-state index is 0.0748. The summed E-state index contributed by atoms with van der Waals surface area (Å²) < 4.78 is 7.37. The van der Waals surface area contributed by atoms with E-state index in [9.17, 15) is 4.79 Å². The molecule has 1 aromatic carbocycles. The van der Waals surface area contributed by atoms with E-state index in [0.29, 0.717) is 26.3 Å². The minimum Gasteiger partial charge on any atom is -0.378 e. The van der Waals surface area contributed by atoms with Crippen molar-refractivity contribution in [3.63, 3.8) is 0 Å². The summed E-state index contributed by atoms with van der Waals surface area (Å²) in [5.74, 6) is 0.0748. The molecule has 2 aromatic heterocycles. The van der Waals surface area contributed by atoms with Gasteiger partial charge in [0.1, 0.15) is 5.65 Å². The van der Waals surface area contributed by atoms with Gasteiger partial charge in [-0.25, -0.2) is 4.98 Å². The minimum atomic E-state index is 0.0748. The number of amides is 1. The molecule has 122 valence electrons. The van der Waals surface area contributed by atoms with E-state index < -0.39 is 0 Å². The maximum absolute atomic E-state index is 12.5. The lowest BCUT2D eigenvalue weighted by Gasteiger charge is -2.26. The van der Waals surface area contributed by atoms with E-state index in [1.807, 2.05) is 48.4 Å². The van der Waals surface area contributed by atoms with Crippen LogP contribution in [0.4, 0.5) is 0 Å². The first kappa shape index (κ1) is 14.9. The molecule has 0 spiro atoms. The van der Waals surface area contributed by atoms with Crippen LogP contribution in [0.5, 0.6) is 0 Å². The van der Waals surface area contributed by atoms with Gasteiger partial charge < -0.3 is 14.0 Å². The molecule has 1 fully saturated rings. The van der Waals surface area contributed by atoms with Gasteiger partial charge in [-0.05, 0) is 42.3 Å². The van der Waals surface area contributed by atoms with Crippen LogP contribution < -0.4 is 0 Å². The Kier molecular flexibility index (Phi) is 3.78. The SMILES string of the molecule is Cc1cnc2ccc(-c3ccc(C(=O)N4CCOCC4)cc3)cn12. The van der Waals surface area contributed by atoms with Crippen molar-refractivity contribution in [2.75, 3.05) is 26.3 Å². The van der Waals surface area contributed by atoms with Crippen molar-refractivity contribution in [1.29, 1.82) is 0 Å². The summed E-state index contributed by atoms with van der Waals surface area (Å²) in [7, 11) is 0. The van der Waals surface area contributed by atoms with Gasteiger partial charge in [0.05, 0.1) is 13.2 Å². The standard InChI is InChI=1S/C19H19N3O2/c1-14-12-20-18-7-6-17(13-22(14)18)15-2-4-16(5-3-15)19(23)21-8-10-24-11-9-21/h2-7,12-13H,8-11H2,1H3. The monoisotopic (exact) mass is 321 g/mol. The molecule has 0 radical (unpaired) electrons. The molecule has 1 saturated heterocycles. The molecule has 0 saturated carbocycles. The number of imidazole rings is 1. The highest BCUT2D eigenvalue weighted by atomic mass is 16.5. The van der Waals surface area contributed by atoms with Crippen molar-refractivity contribution in [3.05, 3.63) is 60.0 Å². The first-order chi connectivity index (χ1) is 11.7. The molecule has 1 amide bonds. The number of aromatic nitrogens is 2. The van der Waals surface area contributed by atoms with Crippen LogP contribution in [0.1, 0.15) is 16.1 Å². The number of aryl methyl sites for hydroxylation is 1. The van der Waals surface area contributed by atoms with Gasteiger partial charge in [0.15, 0.2) is 0 Å². The summed E-state index contributed by atoms with van der Waals surface area (Å²) in [5, 5.41) is 0. The summed E-state index contributed by atoms with van der Waals surface area (Å²) in [6.07, 6.45) is 3.94. The van der Waals surface area contributed by atoms with E-state index in [4.69, 9.17) is 4.74 Å². The second kappa shape index (κ2) is 6.09. The highest BCUT2D eigenvalue weighted by Crippen LogP contribution is 2.22. The van der Waals surface area contributed by atoms with E-state index in [-0.39, 0.29) is 5.91 Å². The van der Waals surface area contributed by atoms with E-state index in [1.54, 1.807) is 0 Å². The molecule has 24 heavy (non-hydrogen) atoms. The van der Waals surface area contributed by atoms with Crippen LogP contribution in [0.15, 0.2) is 48.8 Å². The number of hydrogen-bond donors (Lipinski definition) is 0. The van der Waals surface area contributed by atoms with Crippen LogP contribution in [-0.4, -0.2) is 46.5 Å². The molecule has 5 nitrogen and oxygen atoms in total. The van der Waals surface area contributed by atoms with Crippen molar-refractivity contribution in [1.82, 2.24) is 14.3 Å². The normalized spacial score (nSPS) is 15.0. The van der Waals surface area contributed by atoms with Crippen LogP contribution in [-0.2, 0) is 4.74 Å². The predicted molar refractivity (Wildman–Crippen MR) is 92.1 cm³/mol. The first-order valence-electron chi connectivity index (χ1n) is 8.13. The van der Waals surface area contributed by atoms with Gasteiger partial charge in [-0.15, -0.1) is 0 Å². The van der Waals surface area contributed by atoms with Crippen LogP contribution in [0, 0.1) is 6.92 Å². The summed E-state index contributed by atoms with van der Waals surface area (Å²) in [4.78, 5) is 18.7. The lowest BCUT2D eigenvalue weighted by molar-refractivity contribution is 0.0303. The molecule has 3 heterocycles. The quantitative estimate of drug-likeness (QED) is 0.729. The van der Waals surface area contributed by atoms with Gasteiger partial charge in [-0.1, -0.05) is 12.1 Å². The molecule has 5 heteroatoms. The molecule has 0 atom stereocenters. The molecule has 0 unspecified atom stereocenters. The number of carbonyl (C=O) groups is 1. The molecular weight excluding hydrogens is 302 g/mol. The van der Waals surface area contributed by atoms with Crippen molar-refractivity contribution in [3.8, 4) is 11.1 Å². The zero-order valence-electron chi connectivity index (χ0n) is 13.6. The summed E-state index contributed by atoms with van der Waals surface area (Å²) in [5.41, 5.74) is 4.96. The average Bonchev–Trinajstić information content (AvgIpc) is 3.02. The molecule has 0 bridgehead atoms. The van der Waals surface area contributed by atoms with E-state index in [0.717, 1.165) is 28.0 Å². The van der Waals surface area contributed by atoms with Gasteiger partial charge in [-0.3, -0.25) is 4.79 Å². The second-order valence-electron chi connectivity index (χ2n) is 6.03. The van der Waals surface area contributed by atoms with Crippen molar-refractivity contribution in [2.45, 2.75) is 6.92 Å². The third kappa shape index (κ3) is 2.67. The maximum atomic E-state index is 12.5. The maximum Gasteiger partial charge on any atom is 0.254 e. The van der Waals surface area contributed by atoms with E-state index in [1.165, 1.54) is 0 Å². The Morgan fingerprint density at radius 2 is 1.75 bits per heavy atom. The fraction of sp³-hybridized carbons (Fsp3) is 0.263. The molecule has 4 rings (SSSR count). The van der Waals surface area contributed by atoms with Gasteiger partial charge in [0.2, 0.25) is 0 Å². The average molecular weight is 321 g/mol. The highest BCUT2D eigenvalue weighted by Gasteiger charge is 2.18. The molecule has 1 aliphatic heterocycles. The Labute approximate surface area is 140 Å². The number of carbonyl (C=O) groups excluding carboxylic acids is 1. The smallest absolute Gasteiger partial charge is 0.254 e. The van der Waals surface area contributed by atoms with Crippen LogP contribution >= 0.6 is 0 Å². The summed E-state index contributed by atoms with van der Waals surface area (Å²) in [6, 6.07) is 11.9. The largest absolute Gasteiger partial charge is 0.378 e. The van der Waals surface area contributed by atoms with Gasteiger partial charge >= 0.3 is 0 Å². The second-order valence-corrected chi connectivity index (χ2v) is 6.03. The Morgan fingerprint density at radius 1 is 1.04 bits per heavy atom. The van der Waals surface area contributed by atoms with Gasteiger partial charge in [0.25, 0.3) is 5.91 Å². The fourth-order valence-electron chi connectivity index (χ4n) is 3.03. The zero-order chi connectivity index (χ0) is 16.5. The molecule has 0 N–H and O–H groups in total. The number of benzene rings is 1. The Hall–Kier alpha value is -2.66. The molecular formula is C19H19N3O2. The number of ether oxygens (including phenoxy) is 1. The lowest BCUT2D eigenvalue weighted by Crippen LogP contribution is -2.40. The van der Waals surface area contributed by atoms with Crippen molar-refractivity contribution in [2.24, 2.45) is 0 Å². The van der Waals surface area contributed by atoms with Crippen LogP contribution in [0.25, 0.3) is 16.8 Å². The van der Waals surface area contributed by atoms with Gasteiger partial charge in [0, 0.05) is 36.7 Å². The highest BCUT2D eigenvalue weighted by molar-refractivity contribution is 5.94. The zero-order valence-corrected chi connectivity index (χ0v) is 13.6. The summed E-state index contributed by atoms with van der Waals surface area (Å²) in [6.45, 7) is 4.60. The number of fused-ring (bicyclic) bond motifs is 1. The van der Waals surface area contributed by atoms with Crippen LogP contribution in [0.2, 0.25) is 0 Å². The van der Waals surface area contributed by atoms with E-state index >= 15 is 0 Å². The third-order valence-electron chi connectivity index (χ3n) is 4.45. The van der Waals surface area contributed by atoms with Crippen molar-refractivity contribution >= 4 is 11.6 Å². The molecule has 1 aliphatic rings. The topological polar surface area (TPSA) is 46.8 Å². The third-order valence-corrected chi connectivity index (χ3v) is 4.45. The first-order valence-corrected chi connectivity index (χ1v) is 8.13. The number of nitrogens with zero attached hydrogens (tertiary/aromatic N) is 3. The Morgan fingerprint density at radius 3 is 2.50 bits per heavy atom. The summed E-state index contributed by atoms with van der Waals surface area (Å²) >= 11 is 0. The molecule has 3 aromatic rings. The Bertz CT molecular complexity index is 877. The van der Waals surface area contributed by atoms with Crippen molar-refractivity contribution < 1.29 is 9.53 Å². The molecule has 0 aliphatic carbocycles. The van der Waals surface area contributed by atoms with Crippen LogP contribution in [0.3, 0.4) is 0 Å². The number of pyridine rings is 1. The van der Waals surface area contributed by atoms with Gasteiger partial charge in [-0.2, -0.15) is 0 Å². The predicted octanol–water partition coefficient (Wildman–Crippen LogP) is 2.78. The number of hydrogen-bond acceptors (Lipinski definition) is 3. The Balaban J connectivity index is 1.60. The van der Waals surface area contributed by atoms with E-state index in [2.05, 4.69) is 21.6 Å². The number of morpholine rings is 1. The lowest BCUT2D eigenvalue weighted by atomic mass is 10.0. The number of rotatable bonds is 2. The fourth-order valence-corrected chi connectivity index (χ4v) is 3.03.